The number of benzene rings is 1. The second-order valence-corrected chi connectivity index (χ2v) is 6.77. The fourth-order valence-corrected chi connectivity index (χ4v) is 3.35. The molecule has 1 atom stereocenters. The molecule has 0 aliphatic carbocycles. The molecule has 1 aliphatic heterocycles. The third-order valence-electron chi connectivity index (χ3n) is 4.72. The average Bonchev–Trinajstić information content (AvgIpc) is 2.84. The Morgan fingerprint density at radius 1 is 1.12 bits per heavy atom. The second-order valence-electron chi connectivity index (χ2n) is 6.77. The van der Waals surface area contributed by atoms with E-state index in [1.807, 2.05) is 18.3 Å². The second kappa shape index (κ2) is 8.83. The van der Waals surface area contributed by atoms with Crippen molar-refractivity contribution in [3.8, 4) is 0 Å². The van der Waals surface area contributed by atoms with Crippen molar-refractivity contribution in [2.75, 3.05) is 31.2 Å². The van der Waals surface area contributed by atoms with Crippen LogP contribution >= 0.6 is 0 Å². The molecule has 0 amide bonds. The van der Waals surface area contributed by atoms with Gasteiger partial charge in [0.1, 0.15) is 5.82 Å². The highest BCUT2D eigenvalue weighted by atomic mass is 16.5. The van der Waals surface area contributed by atoms with Gasteiger partial charge in [-0.1, -0.05) is 24.3 Å². The van der Waals surface area contributed by atoms with Crippen LogP contribution in [-0.2, 0) is 17.9 Å². The van der Waals surface area contributed by atoms with E-state index >= 15 is 0 Å². The number of pyridine rings is 1. The first-order valence-corrected chi connectivity index (χ1v) is 9.00. The van der Waals surface area contributed by atoms with Crippen LogP contribution in [0.4, 0.5) is 11.5 Å². The summed E-state index contributed by atoms with van der Waals surface area (Å²) in [6.45, 7) is 3.96. The number of nitrogens with two attached hydrogens (primary N) is 1. The molecule has 1 saturated heterocycles. The zero-order valence-corrected chi connectivity index (χ0v) is 14.9. The van der Waals surface area contributed by atoms with Crippen molar-refractivity contribution in [1.29, 1.82) is 0 Å². The predicted molar refractivity (Wildman–Crippen MR) is 102 cm³/mol. The number of rotatable bonds is 6. The highest BCUT2D eigenvalue weighted by molar-refractivity contribution is 5.46. The number of nitrogens with zero attached hydrogens (tertiary/aromatic N) is 2. The highest BCUT2D eigenvalue weighted by Crippen LogP contribution is 2.18. The summed E-state index contributed by atoms with van der Waals surface area (Å²) >= 11 is 0. The molecule has 3 rings (SSSR count). The molecule has 3 N–H and O–H groups in total. The lowest BCUT2D eigenvalue weighted by atomic mass is 10.1. The minimum absolute atomic E-state index is 0.500. The van der Waals surface area contributed by atoms with Crippen LogP contribution in [0.25, 0.3) is 0 Å². The van der Waals surface area contributed by atoms with Crippen LogP contribution in [0, 0.1) is 0 Å². The lowest BCUT2D eigenvalue weighted by Crippen LogP contribution is -2.26. The number of likely N-dealkylation sites (tertiary alicyclic amines) is 1. The summed E-state index contributed by atoms with van der Waals surface area (Å²) in [4.78, 5) is 6.70. The van der Waals surface area contributed by atoms with Gasteiger partial charge in [-0.3, -0.25) is 4.90 Å². The molecule has 1 unspecified atom stereocenters. The molecule has 5 nitrogen and oxygen atoms in total. The van der Waals surface area contributed by atoms with E-state index in [0.717, 1.165) is 31.7 Å². The maximum Gasteiger partial charge on any atom is 0.123 e. The van der Waals surface area contributed by atoms with Crippen molar-refractivity contribution in [3.63, 3.8) is 0 Å². The van der Waals surface area contributed by atoms with Crippen molar-refractivity contribution in [2.24, 2.45) is 0 Å². The van der Waals surface area contributed by atoms with Gasteiger partial charge in [-0.25, -0.2) is 4.98 Å². The van der Waals surface area contributed by atoms with E-state index in [1.54, 1.807) is 7.11 Å². The molecule has 0 bridgehead atoms. The summed E-state index contributed by atoms with van der Waals surface area (Å²) in [5.74, 6) is 0.564. The normalized spacial score (nSPS) is 18.7. The number of hydrogen-bond acceptors (Lipinski definition) is 5. The molecule has 0 saturated carbocycles. The first-order chi connectivity index (χ1) is 12.2. The zero-order chi connectivity index (χ0) is 17.5. The summed E-state index contributed by atoms with van der Waals surface area (Å²) in [5, 5.41) is 3.60. The number of aromatic nitrogens is 1. The van der Waals surface area contributed by atoms with Crippen LogP contribution in [0.2, 0.25) is 0 Å². The smallest absolute Gasteiger partial charge is 0.123 e. The SMILES string of the molecule is COCc1ccc(CN2CCCC(Nc3ccc(N)nc3)CC2)cc1. The molecule has 2 heterocycles. The van der Waals surface area contributed by atoms with Gasteiger partial charge in [-0.15, -0.1) is 0 Å². The van der Waals surface area contributed by atoms with Gasteiger partial charge in [-0.05, 0) is 49.1 Å². The summed E-state index contributed by atoms with van der Waals surface area (Å²) in [7, 11) is 1.73. The molecule has 25 heavy (non-hydrogen) atoms. The monoisotopic (exact) mass is 340 g/mol. The van der Waals surface area contributed by atoms with Crippen molar-refractivity contribution in [2.45, 2.75) is 38.5 Å². The fraction of sp³-hybridized carbons (Fsp3) is 0.450. The molecule has 0 radical (unpaired) electrons. The van der Waals surface area contributed by atoms with E-state index in [9.17, 15) is 0 Å². The van der Waals surface area contributed by atoms with E-state index < -0.39 is 0 Å². The number of anilines is 2. The van der Waals surface area contributed by atoms with Gasteiger partial charge in [0.15, 0.2) is 0 Å². The largest absolute Gasteiger partial charge is 0.384 e. The Morgan fingerprint density at radius 3 is 2.64 bits per heavy atom. The van der Waals surface area contributed by atoms with Gasteiger partial charge in [0.05, 0.1) is 18.5 Å². The number of methoxy groups -OCH3 is 1. The number of nitrogens with one attached hydrogen (secondary N) is 1. The lowest BCUT2D eigenvalue weighted by Gasteiger charge is -2.21. The Morgan fingerprint density at radius 2 is 1.92 bits per heavy atom. The maximum absolute atomic E-state index is 5.65. The van der Waals surface area contributed by atoms with Crippen LogP contribution in [0.5, 0.6) is 0 Å². The number of nitrogen functional groups attached to an aromatic ring is 1. The molecule has 134 valence electrons. The molecular weight excluding hydrogens is 312 g/mol. The van der Waals surface area contributed by atoms with Crippen molar-refractivity contribution < 1.29 is 4.74 Å². The minimum Gasteiger partial charge on any atom is -0.384 e. The molecule has 0 spiro atoms. The van der Waals surface area contributed by atoms with E-state index in [-0.39, 0.29) is 0 Å². The Hall–Kier alpha value is -2.11. The number of hydrogen-bond donors (Lipinski definition) is 2. The van der Waals surface area contributed by atoms with Crippen LogP contribution < -0.4 is 11.1 Å². The molecule has 1 fully saturated rings. The van der Waals surface area contributed by atoms with Crippen molar-refractivity contribution in [1.82, 2.24) is 9.88 Å². The number of ether oxygens (including phenoxy) is 1. The molecule has 1 aliphatic rings. The van der Waals surface area contributed by atoms with Gasteiger partial charge in [0, 0.05) is 26.2 Å². The topological polar surface area (TPSA) is 63.4 Å². The van der Waals surface area contributed by atoms with E-state index in [1.165, 1.54) is 24.0 Å². The fourth-order valence-electron chi connectivity index (χ4n) is 3.35. The minimum atomic E-state index is 0.500. The van der Waals surface area contributed by atoms with E-state index in [2.05, 4.69) is 39.5 Å². The van der Waals surface area contributed by atoms with Crippen LogP contribution in [0.15, 0.2) is 42.6 Å². The molecule has 5 heteroatoms. The molecule has 2 aromatic rings. The molecule has 1 aromatic carbocycles. The van der Waals surface area contributed by atoms with Crippen molar-refractivity contribution in [3.05, 3.63) is 53.7 Å². The van der Waals surface area contributed by atoms with Crippen LogP contribution in [0.1, 0.15) is 30.4 Å². The maximum atomic E-state index is 5.65. The first-order valence-electron chi connectivity index (χ1n) is 9.00. The van der Waals surface area contributed by atoms with Crippen LogP contribution in [0.3, 0.4) is 0 Å². The predicted octanol–water partition coefficient (Wildman–Crippen LogP) is 3.28. The van der Waals surface area contributed by atoms with Gasteiger partial charge < -0.3 is 15.8 Å². The Balaban J connectivity index is 1.50. The van der Waals surface area contributed by atoms with Crippen molar-refractivity contribution >= 4 is 11.5 Å². The van der Waals surface area contributed by atoms with Crippen LogP contribution in [-0.4, -0.2) is 36.1 Å². The summed E-state index contributed by atoms with van der Waals surface area (Å²) in [5.41, 5.74) is 9.30. The summed E-state index contributed by atoms with van der Waals surface area (Å²) in [6, 6.07) is 13.1. The highest BCUT2D eigenvalue weighted by Gasteiger charge is 2.17. The van der Waals surface area contributed by atoms with Gasteiger partial charge in [0.25, 0.3) is 0 Å². The summed E-state index contributed by atoms with van der Waals surface area (Å²) < 4.78 is 5.17. The lowest BCUT2D eigenvalue weighted by molar-refractivity contribution is 0.185. The quantitative estimate of drug-likeness (QED) is 0.845. The third-order valence-corrected chi connectivity index (χ3v) is 4.72. The first kappa shape index (κ1) is 17.7. The Kier molecular flexibility index (Phi) is 6.25. The molecular formula is C20H28N4O. The van der Waals surface area contributed by atoms with Gasteiger partial charge in [0.2, 0.25) is 0 Å². The van der Waals surface area contributed by atoms with E-state index in [0.29, 0.717) is 18.5 Å². The average molecular weight is 340 g/mol. The standard InChI is InChI=1S/C20H28N4O/c1-25-15-17-6-4-16(5-7-17)14-24-11-2-3-18(10-12-24)23-19-8-9-20(21)22-13-19/h4-9,13,18,23H,2-3,10-12,14-15H2,1H3,(H2,21,22). The van der Waals surface area contributed by atoms with E-state index in [4.69, 9.17) is 10.5 Å². The zero-order valence-electron chi connectivity index (χ0n) is 14.9. The van der Waals surface area contributed by atoms with Gasteiger partial charge >= 0.3 is 0 Å². The third kappa shape index (κ3) is 5.44. The Bertz CT molecular complexity index is 642. The Labute approximate surface area is 150 Å². The van der Waals surface area contributed by atoms with Gasteiger partial charge in [-0.2, -0.15) is 0 Å². The molecule has 1 aromatic heterocycles. The summed E-state index contributed by atoms with van der Waals surface area (Å²) in [6.07, 6.45) is 5.36.